The van der Waals surface area contributed by atoms with Crippen LogP contribution in [0.5, 0.6) is 5.75 Å². The number of nitro benzene ring substituents is 1. The number of nitrogens with one attached hydrogen (secondary N) is 3. The van der Waals surface area contributed by atoms with Crippen LogP contribution in [0.4, 0.5) is 16.2 Å². The molecular weight excluding hydrogens is 364 g/mol. The predicted molar refractivity (Wildman–Crippen MR) is 102 cm³/mol. The van der Waals surface area contributed by atoms with E-state index in [1.54, 1.807) is 37.4 Å². The van der Waals surface area contributed by atoms with Gasteiger partial charge in [0.1, 0.15) is 11.7 Å². The minimum atomic E-state index is -0.828. The zero-order chi connectivity index (χ0) is 20.3. The first-order chi connectivity index (χ1) is 13.4. The number of nitrogens with zero attached hydrogens (tertiary/aromatic N) is 1. The number of non-ortho nitro benzene ring substituents is 1. The van der Waals surface area contributed by atoms with Gasteiger partial charge in [-0.2, -0.15) is 0 Å². The summed E-state index contributed by atoms with van der Waals surface area (Å²) in [5, 5.41) is 18.8. The number of nitro groups is 1. The number of ether oxygens (including phenoxy) is 1. The Kier molecular flexibility index (Phi) is 5.25. The Balaban J connectivity index is 1.87. The summed E-state index contributed by atoms with van der Waals surface area (Å²) in [5.41, 5.74) is 1.05. The average Bonchev–Trinajstić information content (AvgIpc) is 2.67. The van der Waals surface area contributed by atoms with E-state index in [9.17, 15) is 19.7 Å². The van der Waals surface area contributed by atoms with E-state index in [0.29, 0.717) is 11.3 Å². The highest BCUT2D eigenvalue weighted by Crippen LogP contribution is 2.31. The maximum absolute atomic E-state index is 12.9. The molecule has 0 spiro atoms. The fraction of sp³-hybridized carbons (Fsp3) is 0.158. The van der Waals surface area contributed by atoms with E-state index in [2.05, 4.69) is 22.5 Å². The van der Waals surface area contributed by atoms with Crippen molar-refractivity contribution in [3.8, 4) is 5.75 Å². The highest BCUT2D eigenvalue weighted by atomic mass is 16.6. The number of carbonyl (C=O) groups excluding carboxylic acids is 2. The normalized spacial score (nSPS) is 18.6. The molecule has 1 heterocycles. The second-order valence-electron chi connectivity index (χ2n) is 6.15. The summed E-state index contributed by atoms with van der Waals surface area (Å²) in [7, 11) is 1.54. The van der Waals surface area contributed by atoms with Crippen molar-refractivity contribution < 1.29 is 19.2 Å². The second kappa shape index (κ2) is 7.78. The van der Waals surface area contributed by atoms with Gasteiger partial charge in [-0.3, -0.25) is 14.9 Å². The third-order valence-electron chi connectivity index (χ3n) is 4.35. The number of methoxy groups -OCH3 is 1. The van der Waals surface area contributed by atoms with Crippen molar-refractivity contribution in [1.29, 1.82) is 0 Å². The zero-order valence-corrected chi connectivity index (χ0v) is 15.0. The molecule has 9 heteroatoms. The minimum Gasteiger partial charge on any atom is -0.497 e. The van der Waals surface area contributed by atoms with Crippen LogP contribution in [0.1, 0.15) is 11.6 Å². The quantitative estimate of drug-likeness (QED) is 0.542. The maximum Gasteiger partial charge on any atom is 0.319 e. The number of benzene rings is 2. The molecule has 3 N–H and O–H groups in total. The molecule has 2 atom stereocenters. The van der Waals surface area contributed by atoms with Crippen molar-refractivity contribution in [3.63, 3.8) is 0 Å². The van der Waals surface area contributed by atoms with Gasteiger partial charge >= 0.3 is 6.03 Å². The van der Waals surface area contributed by atoms with E-state index >= 15 is 0 Å². The van der Waals surface area contributed by atoms with Crippen LogP contribution < -0.4 is 20.7 Å². The largest absolute Gasteiger partial charge is 0.497 e. The van der Waals surface area contributed by atoms with Gasteiger partial charge in [0.25, 0.3) is 5.69 Å². The molecule has 3 amide bonds. The summed E-state index contributed by atoms with van der Waals surface area (Å²) in [4.78, 5) is 35.2. The Morgan fingerprint density at radius 3 is 2.61 bits per heavy atom. The molecule has 0 aliphatic carbocycles. The monoisotopic (exact) mass is 382 g/mol. The summed E-state index contributed by atoms with van der Waals surface area (Å²) in [5.74, 6) is -0.649. The van der Waals surface area contributed by atoms with E-state index in [-0.39, 0.29) is 17.1 Å². The van der Waals surface area contributed by atoms with Crippen LogP contribution in [0.2, 0.25) is 0 Å². The maximum atomic E-state index is 12.9. The number of hydrogen-bond donors (Lipinski definition) is 3. The third-order valence-corrected chi connectivity index (χ3v) is 4.35. The number of hydrogen-bond acceptors (Lipinski definition) is 5. The first-order valence-electron chi connectivity index (χ1n) is 8.34. The van der Waals surface area contributed by atoms with Gasteiger partial charge in [0.05, 0.1) is 18.1 Å². The number of carbonyl (C=O) groups is 2. The Hall–Kier alpha value is -3.88. The Morgan fingerprint density at radius 1 is 1.25 bits per heavy atom. The fourth-order valence-electron chi connectivity index (χ4n) is 3.00. The molecule has 9 nitrogen and oxygen atoms in total. The molecule has 3 rings (SSSR count). The van der Waals surface area contributed by atoms with Crippen LogP contribution in [0.25, 0.3) is 0 Å². The van der Waals surface area contributed by atoms with Crippen molar-refractivity contribution in [1.82, 2.24) is 10.6 Å². The highest BCUT2D eigenvalue weighted by molar-refractivity contribution is 5.97. The van der Waals surface area contributed by atoms with Crippen LogP contribution >= 0.6 is 0 Å². The minimum absolute atomic E-state index is 0.140. The molecule has 1 aliphatic rings. The Bertz CT molecular complexity index is 942. The van der Waals surface area contributed by atoms with Crippen LogP contribution in [0.15, 0.2) is 60.8 Å². The highest BCUT2D eigenvalue weighted by Gasteiger charge is 2.37. The van der Waals surface area contributed by atoms with Crippen molar-refractivity contribution in [2.75, 3.05) is 12.4 Å². The van der Waals surface area contributed by atoms with Crippen LogP contribution in [-0.2, 0) is 4.79 Å². The molecule has 1 fully saturated rings. The van der Waals surface area contributed by atoms with E-state index in [1.807, 2.05) is 0 Å². The molecule has 0 unspecified atom stereocenters. The van der Waals surface area contributed by atoms with Crippen molar-refractivity contribution in [2.45, 2.75) is 6.04 Å². The lowest BCUT2D eigenvalue weighted by molar-refractivity contribution is -0.384. The first kappa shape index (κ1) is 18.9. The van der Waals surface area contributed by atoms with E-state index < -0.39 is 28.8 Å². The zero-order valence-electron chi connectivity index (χ0n) is 15.0. The number of urea groups is 1. The van der Waals surface area contributed by atoms with Crippen molar-refractivity contribution in [2.24, 2.45) is 5.92 Å². The summed E-state index contributed by atoms with van der Waals surface area (Å²) in [6.07, 6.45) is 0. The first-order valence-corrected chi connectivity index (χ1v) is 8.34. The molecule has 144 valence electrons. The van der Waals surface area contributed by atoms with Gasteiger partial charge in [0.2, 0.25) is 5.91 Å². The summed E-state index contributed by atoms with van der Waals surface area (Å²) < 4.78 is 5.13. The second-order valence-corrected chi connectivity index (χ2v) is 6.15. The molecule has 28 heavy (non-hydrogen) atoms. The Morgan fingerprint density at radius 2 is 1.96 bits per heavy atom. The summed E-state index contributed by atoms with van der Waals surface area (Å²) >= 11 is 0. The molecule has 1 aliphatic heterocycles. The van der Waals surface area contributed by atoms with Gasteiger partial charge < -0.3 is 20.7 Å². The molecule has 0 saturated carbocycles. The van der Waals surface area contributed by atoms with Crippen molar-refractivity contribution in [3.05, 3.63) is 76.5 Å². The lowest BCUT2D eigenvalue weighted by Gasteiger charge is -2.33. The predicted octanol–water partition coefficient (Wildman–Crippen LogP) is 2.73. The van der Waals surface area contributed by atoms with Crippen molar-refractivity contribution >= 4 is 23.3 Å². The van der Waals surface area contributed by atoms with Gasteiger partial charge in [-0.15, -0.1) is 0 Å². The smallest absolute Gasteiger partial charge is 0.319 e. The van der Waals surface area contributed by atoms with E-state index in [0.717, 1.165) is 0 Å². The summed E-state index contributed by atoms with van der Waals surface area (Å²) in [6, 6.07) is 11.4. The molecule has 2 aromatic rings. The number of rotatable bonds is 5. The number of amides is 3. The third kappa shape index (κ3) is 3.93. The molecule has 0 aromatic heterocycles. The lowest BCUT2D eigenvalue weighted by Crippen LogP contribution is -2.51. The van der Waals surface area contributed by atoms with E-state index in [4.69, 9.17) is 4.74 Å². The summed E-state index contributed by atoms with van der Waals surface area (Å²) in [6.45, 7) is 3.80. The van der Waals surface area contributed by atoms with Crippen LogP contribution in [0.3, 0.4) is 0 Å². The van der Waals surface area contributed by atoms with Gasteiger partial charge in [0, 0.05) is 23.5 Å². The van der Waals surface area contributed by atoms with Gasteiger partial charge in [-0.05, 0) is 23.8 Å². The molecule has 0 bridgehead atoms. The fourth-order valence-corrected chi connectivity index (χ4v) is 3.00. The van der Waals surface area contributed by atoms with Gasteiger partial charge in [-0.25, -0.2) is 4.79 Å². The topological polar surface area (TPSA) is 123 Å². The standard InChI is InChI=1S/C19H18N4O5/c1-11-16(18(24)21-13-4-3-5-14(10-13)23(26)27)17(22-19(25)20-11)12-6-8-15(28-2)9-7-12/h3-10,16-17H,1H2,2H3,(H,21,24)(H2,20,22,25)/t16-,17-/m0/s1. The Labute approximate surface area is 160 Å². The lowest BCUT2D eigenvalue weighted by atomic mass is 9.88. The van der Waals surface area contributed by atoms with Crippen LogP contribution in [-0.4, -0.2) is 24.0 Å². The average molecular weight is 382 g/mol. The van der Waals surface area contributed by atoms with Gasteiger partial charge in [0.15, 0.2) is 0 Å². The molecular formula is C19H18N4O5. The molecule has 2 aromatic carbocycles. The molecule has 0 radical (unpaired) electrons. The van der Waals surface area contributed by atoms with Crippen LogP contribution in [0, 0.1) is 16.0 Å². The number of anilines is 1. The van der Waals surface area contributed by atoms with Gasteiger partial charge in [-0.1, -0.05) is 24.8 Å². The SMILES string of the molecule is C=C1NC(=O)N[C@@H](c2ccc(OC)cc2)[C@H]1C(=O)Nc1cccc([N+](=O)[O-])c1. The molecule has 1 saturated heterocycles. The van der Waals surface area contributed by atoms with E-state index in [1.165, 1.54) is 18.2 Å².